The van der Waals surface area contributed by atoms with E-state index in [1.165, 1.54) is 24.3 Å². The van der Waals surface area contributed by atoms with Crippen molar-refractivity contribution in [1.82, 2.24) is 4.57 Å². The summed E-state index contributed by atoms with van der Waals surface area (Å²) in [5.41, 5.74) is 1.85. The second-order valence-electron chi connectivity index (χ2n) is 4.85. The van der Waals surface area contributed by atoms with Crippen LogP contribution in [0.25, 0.3) is 10.9 Å². The topological polar surface area (TPSA) is 14.2 Å². The predicted octanol–water partition coefficient (Wildman–Crippen LogP) is 4.52. The summed E-state index contributed by atoms with van der Waals surface area (Å²) in [6, 6.07) is 10.7. The van der Waals surface area contributed by atoms with Crippen molar-refractivity contribution >= 4 is 10.9 Å². The number of nitrogens with zero attached hydrogens (tertiary/aromatic N) is 1. The number of benzene rings is 2. The molecule has 0 atom stereocenters. The SMILES string of the molecule is CCn1cc(COc2cccc(F)c2)c2cc(F)ccc21. The molecule has 0 aliphatic carbocycles. The zero-order chi connectivity index (χ0) is 14.8. The number of aryl methyl sites for hydroxylation is 1. The molecule has 0 amide bonds. The van der Waals surface area contributed by atoms with Crippen molar-refractivity contribution < 1.29 is 13.5 Å². The fourth-order valence-electron chi connectivity index (χ4n) is 2.44. The summed E-state index contributed by atoms with van der Waals surface area (Å²) >= 11 is 0. The van der Waals surface area contributed by atoms with Gasteiger partial charge < -0.3 is 9.30 Å². The standard InChI is InChI=1S/C17H15F2NO/c1-2-20-10-12(16-9-14(19)6-7-17(16)20)11-21-15-5-3-4-13(18)8-15/h3-10H,2,11H2,1H3. The summed E-state index contributed by atoms with van der Waals surface area (Å²) in [7, 11) is 0. The molecule has 0 radical (unpaired) electrons. The maximum Gasteiger partial charge on any atom is 0.126 e. The van der Waals surface area contributed by atoms with Crippen molar-refractivity contribution in [3.05, 3.63) is 65.9 Å². The van der Waals surface area contributed by atoms with Gasteiger partial charge in [-0.3, -0.25) is 0 Å². The monoisotopic (exact) mass is 287 g/mol. The molecule has 21 heavy (non-hydrogen) atoms. The lowest BCUT2D eigenvalue weighted by atomic mass is 10.2. The van der Waals surface area contributed by atoms with Crippen molar-refractivity contribution in [2.24, 2.45) is 0 Å². The highest BCUT2D eigenvalue weighted by molar-refractivity contribution is 5.84. The predicted molar refractivity (Wildman–Crippen MR) is 78.3 cm³/mol. The van der Waals surface area contributed by atoms with E-state index in [1.807, 2.05) is 17.7 Å². The number of ether oxygens (including phenoxy) is 1. The van der Waals surface area contributed by atoms with Gasteiger partial charge in [-0.1, -0.05) is 6.07 Å². The molecule has 1 heterocycles. The van der Waals surface area contributed by atoms with E-state index in [9.17, 15) is 8.78 Å². The molecule has 0 N–H and O–H groups in total. The Morgan fingerprint density at radius 2 is 1.86 bits per heavy atom. The van der Waals surface area contributed by atoms with Gasteiger partial charge in [0.2, 0.25) is 0 Å². The highest BCUT2D eigenvalue weighted by atomic mass is 19.1. The molecule has 108 valence electrons. The van der Waals surface area contributed by atoms with E-state index in [0.29, 0.717) is 5.75 Å². The number of fused-ring (bicyclic) bond motifs is 1. The van der Waals surface area contributed by atoms with Crippen LogP contribution in [0.2, 0.25) is 0 Å². The zero-order valence-corrected chi connectivity index (χ0v) is 11.6. The molecule has 0 bridgehead atoms. The van der Waals surface area contributed by atoms with E-state index < -0.39 is 0 Å². The van der Waals surface area contributed by atoms with Crippen LogP contribution in [0.15, 0.2) is 48.7 Å². The highest BCUT2D eigenvalue weighted by Gasteiger charge is 2.09. The first-order chi connectivity index (χ1) is 10.2. The van der Waals surface area contributed by atoms with Gasteiger partial charge in [0.1, 0.15) is 24.0 Å². The van der Waals surface area contributed by atoms with Crippen LogP contribution < -0.4 is 4.74 Å². The molecule has 0 saturated heterocycles. The second-order valence-corrected chi connectivity index (χ2v) is 4.85. The van der Waals surface area contributed by atoms with Gasteiger partial charge in [0.05, 0.1) is 0 Å². The Morgan fingerprint density at radius 1 is 1.05 bits per heavy atom. The van der Waals surface area contributed by atoms with Crippen molar-refractivity contribution in [3.63, 3.8) is 0 Å². The van der Waals surface area contributed by atoms with Gasteiger partial charge in [0.25, 0.3) is 0 Å². The molecular weight excluding hydrogens is 272 g/mol. The quantitative estimate of drug-likeness (QED) is 0.688. The van der Waals surface area contributed by atoms with Gasteiger partial charge in [-0.2, -0.15) is 0 Å². The minimum absolute atomic E-state index is 0.274. The van der Waals surface area contributed by atoms with Gasteiger partial charge in [-0.05, 0) is 37.3 Å². The molecule has 0 aliphatic rings. The minimum atomic E-state index is -0.338. The third-order valence-electron chi connectivity index (χ3n) is 3.46. The van der Waals surface area contributed by atoms with Gasteiger partial charge in [0.15, 0.2) is 0 Å². The number of rotatable bonds is 4. The molecule has 0 unspecified atom stereocenters. The lowest BCUT2D eigenvalue weighted by molar-refractivity contribution is 0.305. The average molecular weight is 287 g/mol. The van der Waals surface area contributed by atoms with Gasteiger partial charge >= 0.3 is 0 Å². The summed E-state index contributed by atoms with van der Waals surface area (Å²) in [5.74, 6) is -0.151. The third-order valence-corrected chi connectivity index (χ3v) is 3.46. The molecule has 4 heteroatoms. The van der Waals surface area contributed by atoms with Gasteiger partial charge in [-0.15, -0.1) is 0 Å². The minimum Gasteiger partial charge on any atom is -0.489 e. The zero-order valence-electron chi connectivity index (χ0n) is 11.6. The highest BCUT2D eigenvalue weighted by Crippen LogP contribution is 2.24. The largest absolute Gasteiger partial charge is 0.489 e. The molecule has 3 aromatic rings. The summed E-state index contributed by atoms with van der Waals surface area (Å²) in [5, 5.41) is 0.827. The van der Waals surface area contributed by atoms with E-state index in [-0.39, 0.29) is 18.2 Å². The van der Waals surface area contributed by atoms with E-state index >= 15 is 0 Å². The number of halogens is 2. The first kappa shape index (κ1) is 13.6. The molecule has 2 aromatic carbocycles. The average Bonchev–Trinajstić information content (AvgIpc) is 2.82. The Balaban J connectivity index is 1.91. The van der Waals surface area contributed by atoms with Crippen LogP contribution in [0.3, 0.4) is 0 Å². The molecule has 0 spiro atoms. The molecule has 0 fully saturated rings. The smallest absolute Gasteiger partial charge is 0.126 e. The van der Waals surface area contributed by atoms with E-state index in [2.05, 4.69) is 0 Å². The van der Waals surface area contributed by atoms with Crippen molar-refractivity contribution in [2.75, 3.05) is 0 Å². The lowest BCUT2D eigenvalue weighted by Crippen LogP contribution is -1.95. The summed E-state index contributed by atoms with van der Waals surface area (Å²) < 4.78 is 34.2. The summed E-state index contributed by atoms with van der Waals surface area (Å²) in [4.78, 5) is 0. The Kier molecular flexibility index (Phi) is 3.60. The Labute approximate surface area is 121 Å². The van der Waals surface area contributed by atoms with Crippen LogP contribution in [0, 0.1) is 11.6 Å². The van der Waals surface area contributed by atoms with E-state index in [0.717, 1.165) is 23.0 Å². The van der Waals surface area contributed by atoms with E-state index in [1.54, 1.807) is 18.2 Å². The Morgan fingerprint density at radius 3 is 2.62 bits per heavy atom. The molecular formula is C17H15F2NO. The fraction of sp³-hybridized carbons (Fsp3) is 0.176. The van der Waals surface area contributed by atoms with Crippen molar-refractivity contribution in [1.29, 1.82) is 0 Å². The van der Waals surface area contributed by atoms with E-state index in [4.69, 9.17) is 4.74 Å². The van der Waals surface area contributed by atoms with Crippen LogP contribution in [-0.4, -0.2) is 4.57 Å². The van der Waals surface area contributed by atoms with Crippen LogP contribution >= 0.6 is 0 Å². The normalized spacial score (nSPS) is 11.0. The summed E-state index contributed by atoms with van der Waals surface area (Å²) in [6.07, 6.45) is 1.95. The fourth-order valence-corrected chi connectivity index (χ4v) is 2.44. The van der Waals surface area contributed by atoms with Crippen LogP contribution in [0.1, 0.15) is 12.5 Å². The van der Waals surface area contributed by atoms with Gasteiger partial charge in [-0.25, -0.2) is 8.78 Å². The second kappa shape index (κ2) is 5.56. The maximum absolute atomic E-state index is 13.4. The molecule has 0 aliphatic heterocycles. The third kappa shape index (κ3) is 2.75. The Hall–Kier alpha value is -2.36. The van der Waals surface area contributed by atoms with Crippen molar-refractivity contribution in [2.45, 2.75) is 20.1 Å². The maximum atomic E-state index is 13.4. The molecule has 0 saturated carbocycles. The first-order valence-electron chi connectivity index (χ1n) is 6.83. The number of aromatic nitrogens is 1. The lowest BCUT2D eigenvalue weighted by Gasteiger charge is -2.05. The molecule has 3 rings (SSSR count). The molecule has 2 nitrogen and oxygen atoms in total. The van der Waals surface area contributed by atoms with Crippen LogP contribution in [0.5, 0.6) is 5.75 Å². The number of hydrogen-bond acceptors (Lipinski definition) is 1. The van der Waals surface area contributed by atoms with Crippen LogP contribution in [-0.2, 0) is 13.2 Å². The van der Waals surface area contributed by atoms with Crippen molar-refractivity contribution in [3.8, 4) is 5.75 Å². The first-order valence-corrected chi connectivity index (χ1v) is 6.83. The summed E-state index contributed by atoms with van der Waals surface area (Å²) in [6.45, 7) is 3.10. The Bertz CT molecular complexity index is 780. The number of hydrogen-bond donors (Lipinski definition) is 0. The molecule has 1 aromatic heterocycles. The van der Waals surface area contributed by atoms with Crippen LogP contribution in [0.4, 0.5) is 8.78 Å². The van der Waals surface area contributed by atoms with Gasteiger partial charge in [0, 0.05) is 35.3 Å².